The highest BCUT2D eigenvalue weighted by Gasteiger charge is 2.36. The number of amides is 1. The van der Waals surface area contributed by atoms with E-state index >= 15 is 0 Å². The first-order valence-corrected chi connectivity index (χ1v) is 6.75. The molecule has 9 nitrogen and oxygen atoms in total. The first-order valence-electron chi connectivity index (χ1n) is 6.75. The number of nitrogens with zero attached hydrogens (tertiary/aromatic N) is 1. The van der Waals surface area contributed by atoms with Crippen molar-refractivity contribution in [1.82, 2.24) is 5.32 Å². The van der Waals surface area contributed by atoms with E-state index < -0.39 is 35.9 Å². The first kappa shape index (κ1) is 16.7. The first-order chi connectivity index (χ1) is 10.9. The van der Waals surface area contributed by atoms with Crippen LogP contribution in [0.15, 0.2) is 36.1 Å². The Morgan fingerprint density at radius 2 is 2.09 bits per heavy atom. The highest BCUT2D eigenvalue weighted by Crippen LogP contribution is 2.24. The van der Waals surface area contributed by atoms with Gasteiger partial charge in [0.25, 0.3) is 12.0 Å². The topological polar surface area (TPSA) is 131 Å². The second kappa shape index (κ2) is 7.07. The Balaban J connectivity index is 2.18. The number of hydrogen-bond donors (Lipinski definition) is 3. The van der Waals surface area contributed by atoms with Crippen LogP contribution in [0, 0.1) is 10.1 Å². The molecule has 3 atom stereocenters. The summed E-state index contributed by atoms with van der Waals surface area (Å²) in [7, 11) is 0. The summed E-state index contributed by atoms with van der Waals surface area (Å²) in [6.45, 7) is 0.838. The van der Waals surface area contributed by atoms with Crippen molar-refractivity contribution in [1.29, 1.82) is 0 Å². The van der Waals surface area contributed by atoms with Crippen molar-refractivity contribution in [2.24, 2.45) is 0 Å². The quantitative estimate of drug-likeness (QED) is 0.516. The van der Waals surface area contributed by atoms with E-state index in [-0.39, 0.29) is 17.2 Å². The van der Waals surface area contributed by atoms with Crippen molar-refractivity contribution in [2.45, 2.75) is 25.4 Å². The van der Waals surface area contributed by atoms with Gasteiger partial charge in [0.15, 0.2) is 0 Å². The van der Waals surface area contributed by atoms with Crippen LogP contribution in [0.3, 0.4) is 0 Å². The molecule has 0 saturated heterocycles. The van der Waals surface area contributed by atoms with E-state index in [4.69, 9.17) is 14.6 Å². The van der Waals surface area contributed by atoms with Gasteiger partial charge in [-0.2, -0.15) is 0 Å². The normalized spacial score (nSPS) is 23.4. The van der Waals surface area contributed by atoms with Crippen molar-refractivity contribution in [2.75, 3.05) is 6.61 Å². The number of nitro benzene ring substituents is 1. The number of nitrogens with one attached hydrogen (secondary N) is 1. The summed E-state index contributed by atoms with van der Waals surface area (Å²) >= 11 is 0. The molecule has 0 radical (unpaired) electrons. The van der Waals surface area contributed by atoms with E-state index in [2.05, 4.69) is 5.32 Å². The summed E-state index contributed by atoms with van der Waals surface area (Å²) in [5.74, 6) is -0.0378. The number of carbonyl (C=O) groups excluding carboxylic acids is 1. The molecule has 1 heterocycles. The maximum absolute atomic E-state index is 11.2. The van der Waals surface area contributed by atoms with Crippen LogP contribution < -0.4 is 10.1 Å². The van der Waals surface area contributed by atoms with Crippen LogP contribution >= 0.6 is 0 Å². The molecule has 1 aliphatic heterocycles. The van der Waals surface area contributed by atoms with Gasteiger partial charge in [0.2, 0.25) is 5.91 Å². The van der Waals surface area contributed by atoms with Gasteiger partial charge in [0, 0.05) is 19.1 Å². The summed E-state index contributed by atoms with van der Waals surface area (Å²) < 4.78 is 10.9. The average Bonchev–Trinajstić information content (AvgIpc) is 2.50. The van der Waals surface area contributed by atoms with Gasteiger partial charge in [0.1, 0.15) is 30.3 Å². The minimum absolute atomic E-state index is 0.101. The molecule has 0 aliphatic carbocycles. The van der Waals surface area contributed by atoms with Crippen molar-refractivity contribution < 1.29 is 29.4 Å². The molecule has 0 fully saturated rings. The van der Waals surface area contributed by atoms with Gasteiger partial charge >= 0.3 is 0 Å². The Kier molecular flexibility index (Phi) is 5.14. The number of ether oxygens (including phenoxy) is 2. The Morgan fingerprint density at radius 3 is 2.61 bits per heavy atom. The molecule has 9 heteroatoms. The average molecular weight is 324 g/mol. The van der Waals surface area contributed by atoms with Gasteiger partial charge in [-0.15, -0.1) is 0 Å². The molecule has 0 bridgehead atoms. The van der Waals surface area contributed by atoms with E-state index in [0.29, 0.717) is 0 Å². The van der Waals surface area contributed by atoms with E-state index in [1.165, 1.54) is 37.3 Å². The van der Waals surface area contributed by atoms with Gasteiger partial charge < -0.3 is 25.0 Å². The molecule has 1 amide bonds. The summed E-state index contributed by atoms with van der Waals surface area (Å²) in [4.78, 5) is 21.3. The molecule has 124 valence electrons. The Morgan fingerprint density at radius 1 is 1.43 bits per heavy atom. The second-order valence-corrected chi connectivity index (χ2v) is 4.86. The predicted molar refractivity (Wildman–Crippen MR) is 77.4 cm³/mol. The largest absolute Gasteiger partial charge is 0.455 e. The number of benzene rings is 1. The van der Waals surface area contributed by atoms with Gasteiger partial charge in [-0.25, -0.2) is 0 Å². The number of non-ortho nitro benzene ring substituents is 1. The van der Waals surface area contributed by atoms with E-state index in [1.54, 1.807) is 0 Å². The van der Waals surface area contributed by atoms with E-state index in [9.17, 15) is 20.0 Å². The molecule has 0 aromatic heterocycles. The maximum atomic E-state index is 11.2. The third-order valence-electron chi connectivity index (χ3n) is 3.11. The summed E-state index contributed by atoms with van der Waals surface area (Å²) in [5.41, 5.74) is -0.101. The molecule has 1 aromatic rings. The number of aliphatic hydroxyl groups excluding tert-OH is 2. The molecule has 3 N–H and O–H groups in total. The molecular weight excluding hydrogens is 308 g/mol. The standard InChI is InChI=1S/C14H16N2O7/c1-8(18)15-13-12(19)6-11(7-17)23-14(13)22-10-4-2-9(3-5-10)16(20)21/h2-6,12-14,17,19H,7H2,1H3,(H,15,18)/t12-,13-,14-/m1/s1. The number of aliphatic hydroxyl groups is 2. The fraction of sp³-hybridized carbons (Fsp3) is 0.357. The zero-order valence-electron chi connectivity index (χ0n) is 12.2. The highest BCUT2D eigenvalue weighted by atomic mass is 16.7. The Labute approximate surface area is 131 Å². The molecule has 1 aliphatic rings. The van der Waals surface area contributed by atoms with Gasteiger partial charge in [-0.05, 0) is 18.2 Å². The van der Waals surface area contributed by atoms with E-state index in [0.717, 1.165) is 0 Å². The molecule has 0 saturated carbocycles. The minimum Gasteiger partial charge on any atom is -0.455 e. The number of rotatable bonds is 5. The van der Waals surface area contributed by atoms with Gasteiger partial charge in [-0.1, -0.05) is 0 Å². The lowest BCUT2D eigenvalue weighted by Gasteiger charge is -2.34. The van der Waals surface area contributed by atoms with Crippen molar-refractivity contribution in [3.05, 3.63) is 46.2 Å². The van der Waals surface area contributed by atoms with Crippen LogP contribution in [-0.2, 0) is 9.53 Å². The van der Waals surface area contributed by atoms with Crippen LogP contribution in [0.2, 0.25) is 0 Å². The van der Waals surface area contributed by atoms with Crippen molar-refractivity contribution >= 4 is 11.6 Å². The number of carbonyl (C=O) groups is 1. The molecular formula is C14H16N2O7. The Bertz CT molecular complexity index is 614. The second-order valence-electron chi connectivity index (χ2n) is 4.86. The SMILES string of the molecule is CC(=O)N[C@H]1[C@H](Oc2ccc([N+](=O)[O-])cc2)OC(CO)=C[C@H]1O. The Hall–Kier alpha value is -2.65. The van der Waals surface area contributed by atoms with Crippen LogP contribution in [0.5, 0.6) is 5.75 Å². The summed E-state index contributed by atoms with van der Waals surface area (Å²) in [6, 6.07) is 4.36. The maximum Gasteiger partial charge on any atom is 0.269 e. The molecule has 0 unspecified atom stereocenters. The van der Waals surface area contributed by atoms with Gasteiger partial charge in [0.05, 0.1) is 4.92 Å². The molecule has 2 rings (SSSR count). The van der Waals surface area contributed by atoms with Crippen LogP contribution in [0.1, 0.15) is 6.92 Å². The fourth-order valence-corrected chi connectivity index (χ4v) is 2.07. The predicted octanol–water partition coefficient (Wildman–Crippen LogP) is 0.0717. The zero-order chi connectivity index (χ0) is 17.0. The zero-order valence-corrected chi connectivity index (χ0v) is 12.2. The van der Waals surface area contributed by atoms with E-state index in [1.807, 2.05) is 0 Å². The van der Waals surface area contributed by atoms with Gasteiger partial charge in [-0.3, -0.25) is 14.9 Å². The molecule has 23 heavy (non-hydrogen) atoms. The third kappa shape index (κ3) is 4.18. The minimum atomic E-state index is -1.11. The van der Waals surface area contributed by atoms with Crippen molar-refractivity contribution in [3.63, 3.8) is 0 Å². The smallest absolute Gasteiger partial charge is 0.269 e. The van der Waals surface area contributed by atoms with Crippen molar-refractivity contribution in [3.8, 4) is 5.75 Å². The van der Waals surface area contributed by atoms with Crippen LogP contribution in [0.4, 0.5) is 5.69 Å². The summed E-state index contributed by atoms with van der Waals surface area (Å²) in [6.07, 6.45) is -0.934. The summed E-state index contributed by atoms with van der Waals surface area (Å²) in [5, 5.41) is 32.3. The monoisotopic (exact) mass is 324 g/mol. The molecule has 0 spiro atoms. The number of nitro groups is 1. The highest BCUT2D eigenvalue weighted by molar-refractivity contribution is 5.73. The van der Waals surface area contributed by atoms with Crippen LogP contribution in [-0.4, -0.2) is 46.1 Å². The lowest BCUT2D eigenvalue weighted by molar-refractivity contribution is -0.384. The third-order valence-corrected chi connectivity index (χ3v) is 3.11. The fourth-order valence-electron chi connectivity index (χ4n) is 2.07. The lowest BCUT2D eigenvalue weighted by Crippen LogP contribution is -2.55. The molecule has 1 aromatic carbocycles. The van der Waals surface area contributed by atoms with Crippen LogP contribution in [0.25, 0.3) is 0 Å². The number of hydrogen-bond acceptors (Lipinski definition) is 7. The lowest BCUT2D eigenvalue weighted by atomic mass is 10.1.